The van der Waals surface area contributed by atoms with Gasteiger partial charge < -0.3 is 14.6 Å². The summed E-state index contributed by atoms with van der Waals surface area (Å²) in [5.41, 5.74) is 0. The van der Waals surface area contributed by atoms with Crippen molar-refractivity contribution in [3.63, 3.8) is 0 Å². The number of methoxy groups -OCH3 is 1. The molecule has 0 saturated heterocycles. The third-order valence-corrected chi connectivity index (χ3v) is 1.33. The lowest BCUT2D eigenvalue weighted by Gasteiger charge is -2.07. The van der Waals surface area contributed by atoms with Crippen molar-refractivity contribution in [1.29, 1.82) is 0 Å². The molecule has 0 aromatic rings. The van der Waals surface area contributed by atoms with E-state index in [1.54, 1.807) is 14.0 Å². The zero-order valence-corrected chi connectivity index (χ0v) is 6.98. The summed E-state index contributed by atoms with van der Waals surface area (Å²) < 4.78 is 9.61. The molecule has 0 heterocycles. The van der Waals surface area contributed by atoms with Crippen LogP contribution in [-0.4, -0.2) is 36.6 Å². The minimum absolute atomic E-state index is 0.219. The molecule has 0 rings (SSSR count). The van der Waals surface area contributed by atoms with E-state index in [1.807, 2.05) is 0 Å². The summed E-state index contributed by atoms with van der Waals surface area (Å²) in [5, 5.41) is 9.03. The van der Waals surface area contributed by atoms with Gasteiger partial charge in [-0.25, -0.2) is 0 Å². The molecule has 0 fully saturated rings. The molecule has 4 heteroatoms. The van der Waals surface area contributed by atoms with E-state index in [0.29, 0.717) is 13.2 Å². The smallest absolute Gasteiger partial charge is 0.188 e. The predicted octanol–water partition coefficient (Wildman–Crippen LogP) is 0.358. The first kappa shape index (κ1) is 9.81. The van der Waals surface area contributed by atoms with Gasteiger partial charge >= 0.3 is 0 Å². The Hall–Kier alpha value is -0.190. The fourth-order valence-electron chi connectivity index (χ4n) is 0.346. The maximum absolute atomic E-state index is 8.81. The zero-order valence-electron chi connectivity index (χ0n) is 6.16. The van der Waals surface area contributed by atoms with Gasteiger partial charge in [0.1, 0.15) is 12.7 Å². The minimum atomic E-state index is -0.674. The van der Waals surface area contributed by atoms with Gasteiger partial charge in [0.2, 0.25) is 0 Å². The van der Waals surface area contributed by atoms with Gasteiger partial charge in [-0.15, -0.1) is 0 Å². The van der Waals surface area contributed by atoms with Gasteiger partial charge in [-0.3, -0.25) is 0 Å². The summed E-state index contributed by atoms with van der Waals surface area (Å²) in [5.74, 6) is 0. The van der Waals surface area contributed by atoms with E-state index in [2.05, 4.69) is 12.2 Å². The molecule has 0 aliphatic heterocycles. The Kier molecular flexibility index (Phi) is 5.48. The lowest BCUT2D eigenvalue weighted by atomic mass is 10.4. The molecule has 1 atom stereocenters. The topological polar surface area (TPSA) is 38.7 Å². The van der Waals surface area contributed by atoms with Crippen LogP contribution in [0.15, 0.2) is 0 Å². The Balaban J connectivity index is 3.22. The number of ether oxygens (including phenoxy) is 2. The number of thiocarbonyl (C=S) groups is 1. The molecule has 60 valence electrons. The summed E-state index contributed by atoms with van der Waals surface area (Å²) in [6, 6.07) is 0. The van der Waals surface area contributed by atoms with E-state index in [-0.39, 0.29) is 5.05 Å². The summed E-state index contributed by atoms with van der Waals surface area (Å²) >= 11 is 4.66. The highest BCUT2D eigenvalue weighted by Gasteiger charge is 2.03. The minimum Gasteiger partial charge on any atom is -0.482 e. The van der Waals surface area contributed by atoms with Crippen LogP contribution in [0.3, 0.4) is 0 Å². The second-order valence-electron chi connectivity index (χ2n) is 1.84. The molecule has 0 aromatic heterocycles. The average molecular weight is 164 g/mol. The molecule has 0 spiro atoms. The second-order valence-corrected chi connectivity index (χ2v) is 2.24. The van der Waals surface area contributed by atoms with Crippen LogP contribution in [-0.2, 0) is 9.47 Å². The molecule has 1 N–H and O–H groups in total. The number of hydrogen-bond donors (Lipinski definition) is 1. The molecule has 0 amide bonds. The number of aliphatic hydroxyl groups excluding tert-OH is 1. The second kappa shape index (κ2) is 5.58. The highest BCUT2D eigenvalue weighted by molar-refractivity contribution is 7.80. The first-order chi connectivity index (χ1) is 4.68. The van der Waals surface area contributed by atoms with Crippen LogP contribution in [0.4, 0.5) is 0 Å². The first-order valence-corrected chi connectivity index (χ1v) is 3.43. The summed E-state index contributed by atoms with van der Waals surface area (Å²) in [6.07, 6.45) is -0.674. The van der Waals surface area contributed by atoms with Crippen LogP contribution < -0.4 is 0 Å². The van der Waals surface area contributed by atoms with Gasteiger partial charge in [-0.2, -0.15) is 0 Å². The molecule has 0 aromatic carbocycles. The van der Waals surface area contributed by atoms with Crippen LogP contribution in [0.25, 0.3) is 0 Å². The fourth-order valence-corrected chi connectivity index (χ4v) is 0.430. The third kappa shape index (κ3) is 4.67. The van der Waals surface area contributed by atoms with E-state index in [0.717, 1.165) is 0 Å². The quantitative estimate of drug-likeness (QED) is 0.481. The van der Waals surface area contributed by atoms with E-state index < -0.39 is 6.10 Å². The summed E-state index contributed by atoms with van der Waals surface area (Å²) in [4.78, 5) is 0. The number of aliphatic hydroxyl groups is 1. The van der Waals surface area contributed by atoms with Crippen LogP contribution in [0, 0.1) is 0 Å². The van der Waals surface area contributed by atoms with Crippen LogP contribution in [0.1, 0.15) is 6.92 Å². The van der Waals surface area contributed by atoms with E-state index in [4.69, 9.17) is 14.6 Å². The van der Waals surface area contributed by atoms with Gasteiger partial charge in [0.05, 0.1) is 6.61 Å². The molecule has 0 aliphatic rings. The van der Waals surface area contributed by atoms with Crippen molar-refractivity contribution in [2.75, 3.05) is 20.3 Å². The predicted molar refractivity (Wildman–Crippen MR) is 42.1 cm³/mol. The fraction of sp³-hybridized carbons (Fsp3) is 0.833. The Labute approximate surface area is 65.9 Å². The number of hydrogen-bond acceptors (Lipinski definition) is 4. The SMILES string of the molecule is COCCOC(=S)C(C)O. The molecule has 10 heavy (non-hydrogen) atoms. The van der Waals surface area contributed by atoms with Crippen molar-refractivity contribution in [2.45, 2.75) is 13.0 Å². The molecule has 0 saturated carbocycles. The van der Waals surface area contributed by atoms with Gasteiger partial charge in [-0.1, -0.05) is 0 Å². The van der Waals surface area contributed by atoms with Gasteiger partial charge in [-0.05, 0) is 19.1 Å². The van der Waals surface area contributed by atoms with Crippen molar-refractivity contribution in [1.82, 2.24) is 0 Å². The summed E-state index contributed by atoms with van der Waals surface area (Å²) in [7, 11) is 1.58. The standard InChI is InChI=1S/C6H12O3S/c1-5(7)6(10)9-4-3-8-2/h5,7H,3-4H2,1-2H3. The number of rotatable bonds is 4. The van der Waals surface area contributed by atoms with Crippen molar-refractivity contribution in [3.8, 4) is 0 Å². The Morgan fingerprint density at radius 3 is 2.60 bits per heavy atom. The highest BCUT2D eigenvalue weighted by atomic mass is 32.1. The van der Waals surface area contributed by atoms with Crippen molar-refractivity contribution in [2.24, 2.45) is 0 Å². The van der Waals surface area contributed by atoms with Crippen LogP contribution >= 0.6 is 12.2 Å². The zero-order chi connectivity index (χ0) is 7.98. The van der Waals surface area contributed by atoms with E-state index in [9.17, 15) is 0 Å². The molecule has 0 aliphatic carbocycles. The molecular formula is C6H12O3S. The van der Waals surface area contributed by atoms with E-state index in [1.165, 1.54) is 0 Å². The molecule has 3 nitrogen and oxygen atoms in total. The maximum atomic E-state index is 8.81. The molecule has 1 unspecified atom stereocenters. The average Bonchev–Trinajstić information content (AvgIpc) is 1.88. The Bertz CT molecular complexity index is 103. The van der Waals surface area contributed by atoms with E-state index >= 15 is 0 Å². The van der Waals surface area contributed by atoms with Gasteiger partial charge in [0, 0.05) is 7.11 Å². The normalized spacial score (nSPS) is 12.7. The first-order valence-electron chi connectivity index (χ1n) is 3.02. The largest absolute Gasteiger partial charge is 0.482 e. The van der Waals surface area contributed by atoms with Gasteiger partial charge in [0.15, 0.2) is 5.05 Å². The highest BCUT2D eigenvalue weighted by Crippen LogP contribution is 1.89. The third-order valence-electron chi connectivity index (χ3n) is 0.873. The van der Waals surface area contributed by atoms with Crippen molar-refractivity contribution in [3.05, 3.63) is 0 Å². The summed E-state index contributed by atoms with van der Waals surface area (Å²) in [6.45, 7) is 2.46. The monoisotopic (exact) mass is 164 g/mol. The molecule has 0 radical (unpaired) electrons. The lowest BCUT2D eigenvalue weighted by Crippen LogP contribution is -2.19. The lowest BCUT2D eigenvalue weighted by molar-refractivity contribution is 0.129. The van der Waals surface area contributed by atoms with Crippen LogP contribution in [0.2, 0.25) is 0 Å². The Morgan fingerprint density at radius 1 is 1.60 bits per heavy atom. The molecular weight excluding hydrogens is 152 g/mol. The Morgan fingerprint density at radius 2 is 2.20 bits per heavy atom. The van der Waals surface area contributed by atoms with Crippen molar-refractivity contribution >= 4 is 17.3 Å². The van der Waals surface area contributed by atoms with Crippen molar-refractivity contribution < 1.29 is 14.6 Å². The van der Waals surface area contributed by atoms with Gasteiger partial charge in [0.25, 0.3) is 0 Å². The van der Waals surface area contributed by atoms with Crippen LogP contribution in [0.5, 0.6) is 0 Å². The molecule has 0 bridgehead atoms. The maximum Gasteiger partial charge on any atom is 0.188 e.